The molecule has 0 aliphatic heterocycles. The van der Waals surface area contributed by atoms with E-state index in [9.17, 15) is 22.4 Å². The second kappa shape index (κ2) is 7.39. The Kier molecular flexibility index (Phi) is 5.17. The van der Waals surface area contributed by atoms with E-state index in [2.05, 4.69) is 15.0 Å². The van der Waals surface area contributed by atoms with Crippen LogP contribution >= 0.6 is 11.3 Å². The molecule has 1 heterocycles. The number of halogens is 4. The number of nitrogens with one attached hydrogen (secondary N) is 1. The summed E-state index contributed by atoms with van der Waals surface area (Å²) in [5.74, 6) is -1.22. The Morgan fingerprint density at radius 3 is 2.56 bits per heavy atom. The summed E-state index contributed by atoms with van der Waals surface area (Å²) in [4.78, 5) is 17.9. The molecule has 0 saturated carbocycles. The minimum atomic E-state index is -4.77. The first kappa shape index (κ1) is 18.9. The Morgan fingerprint density at radius 2 is 1.93 bits per heavy atom. The van der Waals surface area contributed by atoms with Gasteiger partial charge >= 0.3 is 6.36 Å². The van der Waals surface area contributed by atoms with Gasteiger partial charge in [0.2, 0.25) is 5.91 Å². The van der Waals surface area contributed by atoms with Crippen LogP contribution in [0.5, 0.6) is 5.75 Å². The largest absolute Gasteiger partial charge is 0.573 e. The summed E-state index contributed by atoms with van der Waals surface area (Å²) in [5, 5.41) is 3.03. The highest BCUT2D eigenvalue weighted by molar-refractivity contribution is 7.22. The summed E-state index contributed by atoms with van der Waals surface area (Å²) in [6, 6.07) is 9.42. The summed E-state index contributed by atoms with van der Waals surface area (Å²) in [6.07, 6.45) is -4.77. The van der Waals surface area contributed by atoms with Gasteiger partial charge in [-0.05, 0) is 36.4 Å². The minimum absolute atomic E-state index is 0.0672. The number of ether oxygens (including phenoxy) is 1. The van der Waals surface area contributed by atoms with Crippen LogP contribution in [0.2, 0.25) is 0 Å². The van der Waals surface area contributed by atoms with Crippen molar-refractivity contribution in [1.29, 1.82) is 0 Å². The summed E-state index contributed by atoms with van der Waals surface area (Å²) in [6.45, 7) is -0.0672. The van der Waals surface area contributed by atoms with Crippen molar-refractivity contribution in [3.63, 3.8) is 0 Å². The topological polar surface area (TPSA) is 54.5 Å². The quantitative estimate of drug-likeness (QED) is 0.646. The number of rotatable bonds is 5. The van der Waals surface area contributed by atoms with Crippen LogP contribution in [-0.4, -0.2) is 30.8 Å². The molecule has 0 bridgehead atoms. The first-order valence-electron chi connectivity index (χ1n) is 7.63. The Bertz CT molecular complexity index is 957. The van der Waals surface area contributed by atoms with Gasteiger partial charge in [-0.1, -0.05) is 17.4 Å². The number of benzene rings is 2. The lowest BCUT2D eigenvalue weighted by Crippen LogP contribution is -2.29. The summed E-state index contributed by atoms with van der Waals surface area (Å²) >= 11 is 1.25. The van der Waals surface area contributed by atoms with Gasteiger partial charge in [0.05, 0.1) is 11.2 Å². The number of nitrogens with zero attached hydrogens (tertiary/aromatic N) is 2. The molecule has 27 heavy (non-hydrogen) atoms. The van der Waals surface area contributed by atoms with Gasteiger partial charge in [0, 0.05) is 12.7 Å². The van der Waals surface area contributed by atoms with Crippen LogP contribution < -0.4 is 15.0 Å². The average molecular weight is 399 g/mol. The molecule has 0 spiro atoms. The van der Waals surface area contributed by atoms with E-state index in [-0.39, 0.29) is 17.8 Å². The number of aromatic nitrogens is 1. The molecular weight excluding hydrogens is 386 g/mol. The fourth-order valence-corrected chi connectivity index (χ4v) is 3.23. The molecule has 1 amide bonds. The molecule has 3 aromatic rings. The molecule has 1 N–H and O–H groups in total. The smallest absolute Gasteiger partial charge is 0.406 e. The van der Waals surface area contributed by atoms with E-state index in [4.69, 9.17) is 0 Å². The fourth-order valence-electron chi connectivity index (χ4n) is 2.29. The van der Waals surface area contributed by atoms with Crippen LogP contribution in [0.15, 0.2) is 42.5 Å². The van der Waals surface area contributed by atoms with Crippen molar-refractivity contribution >= 4 is 38.3 Å². The lowest BCUT2D eigenvalue weighted by molar-refractivity contribution is -0.274. The monoisotopic (exact) mass is 399 g/mol. The maximum atomic E-state index is 13.7. The zero-order chi connectivity index (χ0) is 19.6. The van der Waals surface area contributed by atoms with Gasteiger partial charge in [-0.15, -0.1) is 13.2 Å². The van der Waals surface area contributed by atoms with Crippen LogP contribution in [0.25, 0.3) is 10.2 Å². The number of anilines is 2. The number of carbonyl (C=O) groups is 1. The van der Waals surface area contributed by atoms with Gasteiger partial charge in [-0.2, -0.15) is 0 Å². The maximum absolute atomic E-state index is 13.7. The van der Waals surface area contributed by atoms with Crippen LogP contribution in [0.1, 0.15) is 0 Å². The molecule has 0 radical (unpaired) electrons. The Labute approximate surface area is 155 Å². The van der Waals surface area contributed by atoms with E-state index in [1.54, 1.807) is 24.1 Å². The molecule has 10 heteroatoms. The lowest BCUT2D eigenvalue weighted by Gasteiger charge is -2.15. The third-order valence-electron chi connectivity index (χ3n) is 3.44. The van der Waals surface area contributed by atoms with Crippen LogP contribution in [0, 0.1) is 5.82 Å². The number of thiazole rings is 1. The Balaban J connectivity index is 1.62. The van der Waals surface area contributed by atoms with E-state index in [1.165, 1.54) is 29.5 Å². The van der Waals surface area contributed by atoms with Crippen LogP contribution in [-0.2, 0) is 4.79 Å². The van der Waals surface area contributed by atoms with E-state index < -0.39 is 18.1 Å². The molecule has 0 unspecified atom stereocenters. The summed E-state index contributed by atoms with van der Waals surface area (Å²) < 4.78 is 54.5. The van der Waals surface area contributed by atoms with Gasteiger partial charge in [0.15, 0.2) is 5.13 Å². The first-order valence-corrected chi connectivity index (χ1v) is 8.45. The Hall–Kier alpha value is -2.88. The first-order chi connectivity index (χ1) is 12.7. The number of likely N-dealkylation sites (N-methyl/N-ethyl adjacent to an activating group) is 1. The predicted molar refractivity (Wildman–Crippen MR) is 94.6 cm³/mol. The zero-order valence-electron chi connectivity index (χ0n) is 13.9. The standard InChI is InChI=1S/C17H13F4N3O2S/c1-24(16-23-15-12(18)3-2-4-13(15)27-16)9-14(25)22-10-5-7-11(8-6-10)26-17(19,20)21/h2-8H,9H2,1H3,(H,22,25). The molecule has 142 valence electrons. The summed E-state index contributed by atoms with van der Waals surface area (Å²) in [7, 11) is 1.63. The Morgan fingerprint density at radius 1 is 1.22 bits per heavy atom. The van der Waals surface area contributed by atoms with E-state index in [1.807, 2.05) is 0 Å². The molecule has 0 aliphatic rings. The lowest BCUT2D eigenvalue weighted by atomic mass is 10.3. The number of amides is 1. The molecule has 5 nitrogen and oxygen atoms in total. The molecular formula is C17H13F4N3O2S. The highest BCUT2D eigenvalue weighted by atomic mass is 32.1. The molecule has 0 atom stereocenters. The molecule has 0 aliphatic carbocycles. The van der Waals surface area contributed by atoms with Crippen molar-refractivity contribution < 1.29 is 27.1 Å². The average Bonchev–Trinajstić information content (AvgIpc) is 3.01. The third kappa shape index (κ3) is 4.85. The number of fused-ring (bicyclic) bond motifs is 1. The van der Waals surface area contributed by atoms with Gasteiger partial charge in [-0.25, -0.2) is 9.37 Å². The SMILES string of the molecule is CN(CC(=O)Nc1ccc(OC(F)(F)F)cc1)c1nc2c(F)cccc2s1. The predicted octanol–water partition coefficient (Wildman–Crippen LogP) is 4.41. The molecule has 1 aromatic heterocycles. The normalized spacial score (nSPS) is 11.4. The minimum Gasteiger partial charge on any atom is -0.406 e. The number of alkyl halides is 3. The highest BCUT2D eigenvalue weighted by Gasteiger charge is 2.31. The highest BCUT2D eigenvalue weighted by Crippen LogP contribution is 2.29. The summed E-state index contributed by atoms with van der Waals surface area (Å²) in [5.41, 5.74) is 0.559. The second-order valence-corrected chi connectivity index (χ2v) is 6.57. The van der Waals surface area contributed by atoms with Crippen molar-refractivity contribution in [1.82, 2.24) is 4.98 Å². The third-order valence-corrected chi connectivity index (χ3v) is 4.57. The zero-order valence-corrected chi connectivity index (χ0v) is 14.7. The van der Waals surface area contributed by atoms with Crippen molar-refractivity contribution in [2.45, 2.75) is 6.36 Å². The van der Waals surface area contributed by atoms with E-state index >= 15 is 0 Å². The van der Waals surface area contributed by atoms with Crippen molar-refractivity contribution in [3.8, 4) is 5.75 Å². The fraction of sp³-hybridized carbons (Fsp3) is 0.176. The number of hydrogen-bond donors (Lipinski definition) is 1. The number of para-hydroxylation sites is 1. The van der Waals surface area contributed by atoms with Crippen molar-refractivity contribution in [2.24, 2.45) is 0 Å². The van der Waals surface area contributed by atoms with E-state index in [0.29, 0.717) is 15.5 Å². The molecule has 0 fully saturated rings. The molecule has 0 saturated heterocycles. The van der Waals surface area contributed by atoms with Crippen molar-refractivity contribution in [2.75, 3.05) is 23.8 Å². The number of hydrogen-bond acceptors (Lipinski definition) is 5. The van der Waals surface area contributed by atoms with Gasteiger partial charge < -0.3 is 15.0 Å². The van der Waals surface area contributed by atoms with Gasteiger partial charge in [0.25, 0.3) is 0 Å². The van der Waals surface area contributed by atoms with Crippen LogP contribution in [0.3, 0.4) is 0 Å². The van der Waals surface area contributed by atoms with Crippen molar-refractivity contribution in [3.05, 3.63) is 48.3 Å². The molecule has 2 aromatic carbocycles. The van der Waals surface area contributed by atoms with Gasteiger partial charge in [-0.3, -0.25) is 4.79 Å². The van der Waals surface area contributed by atoms with E-state index in [0.717, 1.165) is 12.1 Å². The second-order valence-electron chi connectivity index (χ2n) is 5.56. The van der Waals surface area contributed by atoms with Gasteiger partial charge in [0.1, 0.15) is 17.1 Å². The molecule has 3 rings (SSSR count). The number of carbonyl (C=O) groups excluding carboxylic acids is 1. The van der Waals surface area contributed by atoms with Crippen LogP contribution in [0.4, 0.5) is 28.4 Å². The maximum Gasteiger partial charge on any atom is 0.573 e.